The Balaban J connectivity index is 2.15. The lowest BCUT2D eigenvalue weighted by Gasteiger charge is -2.39. The minimum absolute atomic E-state index is 0.0538. The lowest BCUT2D eigenvalue weighted by Crippen LogP contribution is -2.53. The van der Waals surface area contributed by atoms with Crippen LogP contribution in [0.25, 0.3) is 0 Å². The van der Waals surface area contributed by atoms with E-state index in [9.17, 15) is 4.79 Å². The van der Waals surface area contributed by atoms with E-state index >= 15 is 0 Å². The van der Waals surface area contributed by atoms with Crippen LogP contribution in [0.4, 0.5) is 5.69 Å². The van der Waals surface area contributed by atoms with E-state index in [0.717, 1.165) is 37.3 Å². The third-order valence-corrected chi connectivity index (χ3v) is 3.96. The van der Waals surface area contributed by atoms with Gasteiger partial charge in [0.25, 0.3) is 5.91 Å². The highest BCUT2D eigenvalue weighted by Gasteiger charge is 2.33. The molecule has 2 N–H and O–H groups in total. The van der Waals surface area contributed by atoms with E-state index in [4.69, 9.17) is 11.6 Å². The van der Waals surface area contributed by atoms with E-state index in [1.807, 2.05) is 13.0 Å². The number of amides is 1. The van der Waals surface area contributed by atoms with Crippen molar-refractivity contribution in [3.05, 3.63) is 28.3 Å². The molecule has 1 fully saturated rings. The van der Waals surface area contributed by atoms with Crippen LogP contribution in [0.2, 0.25) is 5.02 Å². The minimum atomic E-state index is -0.0538. The number of fused-ring (bicyclic) bond motifs is 3. The van der Waals surface area contributed by atoms with Gasteiger partial charge in [0, 0.05) is 13.1 Å². The standard InChI is InChI=1S/C13H16ClN3O/c1-8-2-3-9(14)11-12(8)17-7-6-15-5-4-10(17)16-13(11)18/h2-3,10,15H,4-7H2,1H3,(H,16,18)/t10-/m1/s1. The van der Waals surface area contributed by atoms with Crippen molar-refractivity contribution in [1.29, 1.82) is 0 Å². The maximum atomic E-state index is 12.2. The van der Waals surface area contributed by atoms with Gasteiger partial charge in [0.05, 0.1) is 16.3 Å². The quantitative estimate of drug-likeness (QED) is 0.748. The fourth-order valence-corrected chi connectivity index (χ4v) is 3.01. The van der Waals surface area contributed by atoms with Gasteiger partial charge in [-0.2, -0.15) is 0 Å². The number of rotatable bonds is 0. The number of anilines is 1. The second-order valence-electron chi connectivity index (χ2n) is 4.81. The van der Waals surface area contributed by atoms with E-state index in [1.165, 1.54) is 0 Å². The molecule has 3 rings (SSSR count). The van der Waals surface area contributed by atoms with Crippen molar-refractivity contribution >= 4 is 23.2 Å². The summed E-state index contributed by atoms with van der Waals surface area (Å²) in [5.41, 5.74) is 2.73. The molecule has 1 saturated heterocycles. The Morgan fingerprint density at radius 2 is 2.22 bits per heavy atom. The topological polar surface area (TPSA) is 44.4 Å². The molecule has 1 aromatic rings. The number of hydrogen-bond donors (Lipinski definition) is 2. The Kier molecular flexibility index (Phi) is 2.92. The molecule has 2 aliphatic rings. The first-order valence-corrected chi connectivity index (χ1v) is 6.63. The van der Waals surface area contributed by atoms with E-state index in [2.05, 4.69) is 15.5 Å². The summed E-state index contributed by atoms with van der Waals surface area (Å²) in [6.45, 7) is 4.77. The third-order valence-electron chi connectivity index (χ3n) is 3.64. The van der Waals surface area contributed by atoms with Crippen molar-refractivity contribution in [2.24, 2.45) is 0 Å². The predicted molar refractivity (Wildman–Crippen MR) is 72.3 cm³/mol. The molecule has 4 nitrogen and oxygen atoms in total. The van der Waals surface area contributed by atoms with Crippen LogP contribution < -0.4 is 15.5 Å². The van der Waals surface area contributed by atoms with Gasteiger partial charge in [0.1, 0.15) is 6.17 Å². The SMILES string of the molecule is Cc1ccc(Cl)c2c1N1CCNCC[C@@H]1NC2=O. The Hall–Kier alpha value is -1.26. The molecule has 5 heteroatoms. The van der Waals surface area contributed by atoms with Crippen LogP contribution in [-0.2, 0) is 0 Å². The number of nitrogens with one attached hydrogen (secondary N) is 2. The van der Waals surface area contributed by atoms with Gasteiger partial charge in [-0.3, -0.25) is 4.79 Å². The normalized spacial score (nSPS) is 22.9. The molecule has 18 heavy (non-hydrogen) atoms. The average molecular weight is 266 g/mol. The molecule has 0 aromatic heterocycles. The molecular formula is C13H16ClN3O. The van der Waals surface area contributed by atoms with Crippen LogP contribution >= 0.6 is 11.6 Å². The first-order valence-electron chi connectivity index (χ1n) is 6.26. The molecular weight excluding hydrogens is 250 g/mol. The summed E-state index contributed by atoms with van der Waals surface area (Å²) in [7, 11) is 0. The van der Waals surface area contributed by atoms with Crippen LogP contribution in [0, 0.1) is 6.92 Å². The molecule has 0 unspecified atom stereocenters. The zero-order valence-electron chi connectivity index (χ0n) is 10.3. The zero-order chi connectivity index (χ0) is 12.7. The largest absolute Gasteiger partial charge is 0.349 e. The number of hydrogen-bond acceptors (Lipinski definition) is 3. The number of aryl methyl sites for hydroxylation is 1. The number of halogens is 1. The van der Waals surface area contributed by atoms with E-state index in [-0.39, 0.29) is 12.1 Å². The van der Waals surface area contributed by atoms with Gasteiger partial charge in [0.15, 0.2) is 0 Å². The second-order valence-corrected chi connectivity index (χ2v) is 5.22. The minimum Gasteiger partial charge on any atom is -0.349 e. The molecule has 96 valence electrons. The number of nitrogens with zero attached hydrogens (tertiary/aromatic N) is 1. The van der Waals surface area contributed by atoms with Crippen molar-refractivity contribution in [2.45, 2.75) is 19.5 Å². The van der Waals surface area contributed by atoms with E-state index < -0.39 is 0 Å². The molecule has 2 heterocycles. The molecule has 0 bridgehead atoms. The van der Waals surface area contributed by atoms with E-state index in [0.29, 0.717) is 10.6 Å². The summed E-state index contributed by atoms with van der Waals surface area (Å²) in [5.74, 6) is -0.0538. The summed E-state index contributed by atoms with van der Waals surface area (Å²) in [6.07, 6.45) is 0.995. The van der Waals surface area contributed by atoms with Crippen molar-refractivity contribution in [1.82, 2.24) is 10.6 Å². The van der Waals surface area contributed by atoms with Crippen LogP contribution in [0.15, 0.2) is 12.1 Å². The van der Waals surface area contributed by atoms with Crippen LogP contribution in [0.3, 0.4) is 0 Å². The molecule has 0 radical (unpaired) electrons. The molecule has 2 aliphatic heterocycles. The van der Waals surface area contributed by atoms with Gasteiger partial charge in [-0.1, -0.05) is 17.7 Å². The highest BCUT2D eigenvalue weighted by molar-refractivity contribution is 6.35. The number of carbonyl (C=O) groups is 1. The Bertz CT molecular complexity index is 503. The predicted octanol–water partition coefficient (Wildman–Crippen LogP) is 1.52. The number of carbonyl (C=O) groups excluding carboxylic acids is 1. The van der Waals surface area contributed by atoms with Crippen molar-refractivity contribution in [3.63, 3.8) is 0 Å². The van der Waals surface area contributed by atoms with Crippen LogP contribution in [0.5, 0.6) is 0 Å². The smallest absolute Gasteiger partial charge is 0.256 e. The maximum absolute atomic E-state index is 12.2. The van der Waals surface area contributed by atoms with Crippen molar-refractivity contribution in [2.75, 3.05) is 24.5 Å². The second kappa shape index (κ2) is 4.44. The van der Waals surface area contributed by atoms with Crippen LogP contribution in [0.1, 0.15) is 22.3 Å². The summed E-state index contributed by atoms with van der Waals surface area (Å²) < 4.78 is 0. The van der Waals surface area contributed by atoms with Gasteiger partial charge in [-0.15, -0.1) is 0 Å². The van der Waals surface area contributed by atoms with Crippen molar-refractivity contribution in [3.8, 4) is 0 Å². The molecule has 1 aromatic carbocycles. The molecule has 1 atom stereocenters. The fourth-order valence-electron chi connectivity index (χ4n) is 2.77. The highest BCUT2D eigenvalue weighted by atomic mass is 35.5. The lowest BCUT2D eigenvalue weighted by atomic mass is 10.0. The molecule has 0 spiro atoms. The van der Waals surface area contributed by atoms with Gasteiger partial charge < -0.3 is 15.5 Å². The number of benzene rings is 1. The Morgan fingerprint density at radius 3 is 3.06 bits per heavy atom. The fraction of sp³-hybridized carbons (Fsp3) is 0.462. The molecule has 0 saturated carbocycles. The Labute approximate surface area is 111 Å². The lowest BCUT2D eigenvalue weighted by molar-refractivity contribution is 0.0926. The Morgan fingerprint density at radius 1 is 1.39 bits per heavy atom. The first kappa shape index (κ1) is 11.8. The monoisotopic (exact) mass is 265 g/mol. The van der Waals surface area contributed by atoms with Gasteiger partial charge in [0.2, 0.25) is 0 Å². The molecule has 1 amide bonds. The molecule has 0 aliphatic carbocycles. The van der Waals surface area contributed by atoms with Gasteiger partial charge >= 0.3 is 0 Å². The van der Waals surface area contributed by atoms with Crippen LogP contribution in [-0.4, -0.2) is 31.7 Å². The van der Waals surface area contributed by atoms with Gasteiger partial charge in [-0.05, 0) is 31.5 Å². The first-order chi connectivity index (χ1) is 8.68. The summed E-state index contributed by atoms with van der Waals surface area (Å²) in [6, 6.07) is 3.78. The average Bonchev–Trinajstić information content (AvgIpc) is 2.58. The van der Waals surface area contributed by atoms with Crippen molar-refractivity contribution < 1.29 is 4.79 Å². The summed E-state index contributed by atoms with van der Waals surface area (Å²) in [5, 5.41) is 6.93. The van der Waals surface area contributed by atoms with E-state index in [1.54, 1.807) is 6.07 Å². The maximum Gasteiger partial charge on any atom is 0.256 e. The highest BCUT2D eigenvalue weighted by Crippen LogP contribution is 2.35. The third kappa shape index (κ3) is 1.76. The van der Waals surface area contributed by atoms with Gasteiger partial charge in [-0.25, -0.2) is 0 Å². The summed E-state index contributed by atoms with van der Waals surface area (Å²) >= 11 is 6.18. The zero-order valence-corrected chi connectivity index (χ0v) is 11.0. The summed E-state index contributed by atoms with van der Waals surface area (Å²) in [4.78, 5) is 14.4.